The molecule has 1 fully saturated rings. The van der Waals surface area contributed by atoms with Crippen LogP contribution in [0.4, 0.5) is 5.69 Å². The number of methoxy groups -OCH3 is 1. The topological polar surface area (TPSA) is 75.7 Å². The largest absolute Gasteiger partial charge is 0.468 e. The van der Waals surface area contributed by atoms with E-state index < -0.39 is 16.0 Å². The van der Waals surface area contributed by atoms with E-state index in [0.29, 0.717) is 18.8 Å². The van der Waals surface area contributed by atoms with Gasteiger partial charge in [0.25, 0.3) is 0 Å². The molecule has 22 heavy (non-hydrogen) atoms. The van der Waals surface area contributed by atoms with Gasteiger partial charge in [-0.3, -0.25) is 4.79 Å². The van der Waals surface area contributed by atoms with Crippen molar-refractivity contribution >= 4 is 21.7 Å². The highest BCUT2D eigenvalue weighted by molar-refractivity contribution is 7.89. The number of esters is 1. The van der Waals surface area contributed by atoms with Crippen molar-refractivity contribution < 1.29 is 17.9 Å². The summed E-state index contributed by atoms with van der Waals surface area (Å²) in [6.45, 7) is 1.15. The average Bonchev–Trinajstić information content (AvgIpc) is 2.82. The first kappa shape index (κ1) is 16.8. The summed E-state index contributed by atoms with van der Waals surface area (Å²) in [4.78, 5) is 11.4. The lowest BCUT2D eigenvalue weighted by atomic mass is 10.2. The van der Waals surface area contributed by atoms with Gasteiger partial charge in [-0.1, -0.05) is 18.9 Å². The van der Waals surface area contributed by atoms with E-state index in [1.54, 1.807) is 28.6 Å². The van der Waals surface area contributed by atoms with Crippen molar-refractivity contribution in [2.24, 2.45) is 0 Å². The van der Waals surface area contributed by atoms with Gasteiger partial charge >= 0.3 is 5.97 Å². The molecule has 7 heteroatoms. The third kappa shape index (κ3) is 4.20. The van der Waals surface area contributed by atoms with Gasteiger partial charge in [0.1, 0.15) is 6.54 Å². The Kier molecular flexibility index (Phi) is 5.79. The van der Waals surface area contributed by atoms with Crippen LogP contribution < -0.4 is 5.32 Å². The predicted molar refractivity (Wildman–Crippen MR) is 84.2 cm³/mol. The molecule has 1 N–H and O–H groups in total. The van der Waals surface area contributed by atoms with Gasteiger partial charge in [-0.2, -0.15) is 4.31 Å². The summed E-state index contributed by atoms with van der Waals surface area (Å²) in [6, 6.07) is 6.54. The van der Waals surface area contributed by atoms with Crippen molar-refractivity contribution in [2.75, 3.05) is 32.1 Å². The van der Waals surface area contributed by atoms with Gasteiger partial charge in [0.05, 0.1) is 12.0 Å². The minimum Gasteiger partial charge on any atom is -0.468 e. The minimum absolute atomic E-state index is 0.00369. The van der Waals surface area contributed by atoms with Crippen molar-refractivity contribution in [1.82, 2.24) is 4.31 Å². The van der Waals surface area contributed by atoms with Gasteiger partial charge in [-0.05, 0) is 31.0 Å². The monoisotopic (exact) mass is 326 g/mol. The predicted octanol–water partition coefficient (Wildman–Crippen LogP) is 1.84. The first-order chi connectivity index (χ1) is 10.5. The Labute approximate surface area is 131 Å². The van der Waals surface area contributed by atoms with Gasteiger partial charge in [0.2, 0.25) is 10.0 Å². The SMILES string of the molecule is COC(=O)CNc1cccc(S(=O)(=O)N2CCCCCC2)c1. The molecular weight excluding hydrogens is 304 g/mol. The normalized spacial score (nSPS) is 16.8. The number of nitrogens with one attached hydrogen (secondary N) is 1. The van der Waals surface area contributed by atoms with Gasteiger partial charge in [-0.15, -0.1) is 0 Å². The van der Waals surface area contributed by atoms with E-state index in [2.05, 4.69) is 10.1 Å². The van der Waals surface area contributed by atoms with Crippen LogP contribution >= 0.6 is 0 Å². The van der Waals surface area contributed by atoms with Gasteiger partial charge in [0.15, 0.2) is 0 Å². The molecule has 0 aliphatic carbocycles. The fourth-order valence-corrected chi connectivity index (χ4v) is 4.01. The molecule has 6 nitrogen and oxygen atoms in total. The molecule has 1 aromatic rings. The Morgan fingerprint density at radius 1 is 1.23 bits per heavy atom. The molecule has 0 bridgehead atoms. The third-order valence-corrected chi connectivity index (χ3v) is 5.60. The number of carbonyl (C=O) groups is 1. The molecule has 0 radical (unpaired) electrons. The second-order valence-electron chi connectivity index (χ2n) is 5.28. The minimum atomic E-state index is -3.47. The van der Waals surface area contributed by atoms with E-state index in [1.165, 1.54) is 7.11 Å². The van der Waals surface area contributed by atoms with E-state index in [9.17, 15) is 13.2 Å². The fourth-order valence-electron chi connectivity index (χ4n) is 2.44. The Bertz CT molecular complexity index is 608. The zero-order chi connectivity index (χ0) is 16.0. The van der Waals surface area contributed by atoms with Crippen molar-refractivity contribution in [3.63, 3.8) is 0 Å². The standard InChI is InChI=1S/C15H22N2O4S/c1-21-15(18)12-16-13-7-6-8-14(11-13)22(19,20)17-9-4-2-3-5-10-17/h6-8,11,16H,2-5,9-10,12H2,1H3. The number of sulfonamides is 1. The van der Waals surface area contributed by atoms with Crippen LogP contribution in [0.1, 0.15) is 25.7 Å². The van der Waals surface area contributed by atoms with Crippen LogP contribution in [-0.2, 0) is 19.6 Å². The van der Waals surface area contributed by atoms with E-state index in [4.69, 9.17) is 0 Å². The molecule has 0 saturated carbocycles. The highest BCUT2D eigenvalue weighted by atomic mass is 32.2. The molecule has 0 atom stereocenters. The number of benzene rings is 1. The van der Waals surface area contributed by atoms with Crippen LogP contribution in [0.25, 0.3) is 0 Å². The van der Waals surface area contributed by atoms with E-state index in [-0.39, 0.29) is 11.4 Å². The average molecular weight is 326 g/mol. The van der Waals surface area contributed by atoms with Crippen LogP contribution in [0.2, 0.25) is 0 Å². The molecule has 0 aromatic heterocycles. The first-order valence-corrected chi connectivity index (χ1v) is 8.89. The second kappa shape index (κ2) is 7.60. The third-order valence-electron chi connectivity index (χ3n) is 3.70. The molecule has 0 amide bonds. The van der Waals surface area contributed by atoms with Crippen LogP contribution in [0, 0.1) is 0 Å². The molecular formula is C15H22N2O4S. The summed E-state index contributed by atoms with van der Waals surface area (Å²) in [7, 11) is -2.17. The number of ether oxygens (including phenoxy) is 1. The van der Waals surface area contributed by atoms with Crippen molar-refractivity contribution in [3.05, 3.63) is 24.3 Å². The van der Waals surface area contributed by atoms with E-state index in [1.807, 2.05) is 0 Å². The summed E-state index contributed by atoms with van der Waals surface area (Å²) in [5.41, 5.74) is 0.585. The molecule has 0 unspecified atom stereocenters. The lowest BCUT2D eigenvalue weighted by Crippen LogP contribution is -2.32. The Morgan fingerprint density at radius 3 is 2.55 bits per heavy atom. The van der Waals surface area contributed by atoms with E-state index >= 15 is 0 Å². The van der Waals surface area contributed by atoms with Crippen LogP contribution in [-0.4, -0.2) is 45.4 Å². The van der Waals surface area contributed by atoms with Crippen molar-refractivity contribution in [1.29, 1.82) is 0 Å². The van der Waals surface area contributed by atoms with Crippen LogP contribution in [0.15, 0.2) is 29.2 Å². The Morgan fingerprint density at radius 2 is 1.91 bits per heavy atom. The highest BCUT2D eigenvalue weighted by Crippen LogP contribution is 2.22. The van der Waals surface area contributed by atoms with Crippen LogP contribution in [0.5, 0.6) is 0 Å². The Balaban J connectivity index is 2.14. The summed E-state index contributed by atoms with van der Waals surface area (Å²) >= 11 is 0. The number of anilines is 1. The quantitative estimate of drug-likeness (QED) is 0.836. The highest BCUT2D eigenvalue weighted by Gasteiger charge is 2.25. The second-order valence-corrected chi connectivity index (χ2v) is 7.21. The smallest absolute Gasteiger partial charge is 0.325 e. The Hall–Kier alpha value is -1.60. The molecule has 1 saturated heterocycles. The summed E-state index contributed by atoms with van der Waals surface area (Å²) in [5.74, 6) is -0.402. The lowest BCUT2D eigenvalue weighted by Gasteiger charge is -2.20. The number of hydrogen-bond donors (Lipinski definition) is 1. The number of hydrogen-bond acceptors (Lipinski definition) is 5. The number of nitrogens with zero attached hydrogens (tertiary/aromatic N) is 1. The molecule has 1 heterocycles. The van der Waals surface area contributed by atoms with Crippen LogP contribution in [0.3, 0.4) is 0 Å². The lowest BCUT2D eigenvalue weighted by molar-refractivity contribution is -0.138. The molecule has 1 aromatic carbocycles. The fraction of sp³-hybridized carbons (Fsp3) is 0.533. The van der Waals surface area contributed by atoms with Gasteiger partial charge < -0.3 is 10.1 Å². The van der Waals surface area contributed by atoms with Gasteiger partial charge in [0, 0.05) is 18.8 Å². The maximum absolute atomic E-state index is 12.7. The van der Waals surface area contributed by atoms with Gasteiger partial charge in [-0.25, -0.2) is 8.42 Å². The summed E-state index contributed by atoms with van der Waals surface area (Å²) in [5, 5.41) is 2.87. The molecule has 122 valence electrons. The molecule has 2 rings (SSSR count). The van der Waals surface area contributed by atoms with Crippen molar-refractivity contribution in [2.45, 2.75) is 30.6 Å². The zero-order valence-corrected chi connectivity index (χ0v) is 13.6. The molecule has 1 aliphatic heterocycles. The zero-order valence-electron chi connectivity index (χ0n) is 12.7. The first-order valence-electron chi connectivity index (χ1n) is 7.45. The number of carbonyl (C=O) groups excluding carboxylic acids is 1. The number of rotatable bonds is 5. The maximum atomic E-state index is 12.7. The summed E-state index contributed by atoms with van der Waals surface area (Å²) < 4.78 is 31.5. The maximum Gasteiger partial charge on any atom is 0.325 e. The molecule has 0 spiro atoms. The van der Waals surface area contributed by atoms with E-state index in [0.717, 1.165) is 25.7 Å². The molecule has 1 aliphatic rings. The summed E-state index contributed by atoms with van der Waals surface area (Å²) in [6.07, 6.45) is 3.96. The van der Waals surface area contributed by atoms with Crippen molar-refractivity contribution in [3.8, 4) is 0 Å².